The Hall–Kier alpha value is -2.90. The third-order valence-electron chi connectivity index (χ3n) is 2.25. The van der Waals surface area contributed by atoms with E-state index in [-0.39, 0.29) is 11.1 Å². The molecule has 0 radical (unpaired) electrons. The lowest BCUT2D eigenvalue weighted by atomic mass is 10.2. The number of aromatic carboxylic acids is 2. The smallest absolute Gasteiger partial charge is 0.339 e. The van der Waals surface area contributed by atoms with Gasteiger partial charge in [0.15, 0.2) is 0 Å². The van der Waals surface area contributed by atoms with Crippen molar-refractivity contribution in [3.05, 3.63) is 47.6 Å². The molecule has 0 fully saturated rings. The number of carboxylic acid groups (broad SMARTS) is 2. The Morgan fingerprint density at radius 3 is 1.70 bits per heavy atom. The van der Waals surface area contributed by atoms with Crippen molar-refractivity contribution in [3.63, 3.8) is 0 Å². The van der Waals surface area contributed by atoms with Gasteiger partial charge in [0.25, 0.3) is 0 Å². The predicted molar refractivity (Wildman–Crippen MR) is 67.5 cm³/mol. The fourth-order valence-corrected chi connectivity index (χ4v) is 1.31. The number of rotatable bonds is 2. The van der Waals surface area contributed by atoms with Gasteiger partial charge < -0.3 is 10.2 Å². The van der Waals surface area contributed by atoms with Crippen molar-refractivity contribution in [2.75, 3.05) is 0 Å². The number of carboxylic acids is 2. The van der Waals surface area contributed by atoms with Crippen LogP contribution in [0.4, 0.5) is 0 Å². The van der Waals surface area contributed by atoms with E-state index in [0.717, 1.165) is 0 Å². The topological polar surface area (TPSA) is 126 Å². The van der Waals surface area contributed by atoms with Crippen LogP contribution in [-0.2, 0) is 0 Å². The summed E-state index contributed by atoms with van der Waals surface area (Å²) in [7, 11) is 0. The Balaban J connectivity index is 0.000000204. The Morgan fingerprint density at radius 2 is 1.40 bits per heavy atom. The van der Waals surface area contributed by atoms with Gasteiger partial charge in [-0.05, 0) is 13.8 Å². The highest BCUT2D eigenvalue weighted by molar-refractivity contribution is 5.89. The highest BCUT2D eigenvalue weighted by Gasteiger charge is 2.11. The van der Waals surface area contributed by atoms with Crippen molar-refractivity contribution in [1.82, 2.24) is 19.9 Å². The molecule has 2 aromatic heterocycles. The van der Waals surface area contributed by atoms with Gasteiger partial charge in [-0.25, -0.2) is 29.5 Å². The lowest BCUT2D eigenvalue weighted by Gasteiger charge is -2.00. The summed E-state index contributed by atoms with van der Waals surface area (Å²) in [5, 5.41) is 17.0. The quantitative estimate of drug-likeness (QED) is 0.830. The third-order valence-corrected chi connectivity index (χ3v) is 2.25. The molecule has 2 aromatic rings. The molecule has 0 aliphatic rings. The van der Waals surface area contributed by atoms with E-state index in [1.807, 2.05) is 0 Å². The fourth-order valence-electron chi connectivity index (χ4n) is 1.31. The molecule has 0 atom stereocenters. The normalized spacial score (nSPS) is 9.30. The summed E-state index contributed by atoms with van der Waals surface area (Å²) in [5.74, 6) is -1.98. The summed E-state index contributed by atoms with van der Waals surface area (Å²) in [5.41, 5.74) is 1.32. The third kappa shape index (κ3) is 4.09. The zero-order chi connectivity index (χ0) is 15.1. The molecule has 8 nitrogen and oxygen atoms in total. The Bertz CT molecular complexity index is 596. The van der Waals surface area contributed by atoms with E-state index in [1.165, 1.54) is 25.0 Å². The maximum atomic E-state index is 10.6. The van der Waals surface area contributed by atoms with Crippen LogP contribution in [0.2, 0.25) is 0 Å². The summed E-state index contributed by atoms with van der Waals surface area (Å²) < 4.78 is 0. The number of aromatic nitrogens is 4. The Kier molecular flexibility index (Phi) is 5.21. The van der Waals surface area contributed by atoms with Gasteiger partial charge in [-0.1, -0.05) is 0 Å². The minimum atomic E-state index is -1.00. The van der Waals surface area contributed by atoms with Crippen LogP contribution in [0, 0.1) is 13.8 Å². The summed E-state index contributed by atoms with van der Waals surface area (Å²) in [6, 6.07) is 0. The van der Waals surface area contributed by atoms with E-state index in [1.54, 1.807) is 13.8 Å². The molecule has 0 amide bonds. The minimum Gasteiger partial charge on any atom is -0.478 e. The molecule has 2 rings (SSSR count). The lowest BCUT2D eigenvalue weighted by Crippen LogP contribution is -2.06. The molecule has 104 valence electrons. The first-order chi connectivity index (χ1) is 9.43. The van der Waals surface area contributed by atoms with Crippen LogP contribution in [0.25, 0.3) is 0 Å². The second kappa shape index (κ2) is 6.88. The van der Waals surface area contributed by atoms with Gasteiger partial charge in [0.1, 0.15) is 18.2 Å². The maximum absolute atomic E-state index is 10.6. The number of nitrogens with zero attached hydrogens (tertiary/aromatic N) is 4. The van der Waals surface area contributed by atoms with Crippen molar-refractivity contribution in [2.24, 2.45) is 0 Å². The molecule has 0 saturated carbocycles. The van der Waals surface area contributed by atoms with E-state index in [2.05, 4.69) is 19.9 Å². The number of aryl methyl sites for hydroxylation is 2. The Labute approximate surface area is 114 Å². The van der Waals surface area contributed by atoms with Crippen LogP contribution in [0.1, 0.15) is 32.1 Å². The van der Waals surface area contributed by atoms with Crippen LogP contribution in [0.15, 0.2) is 25.0 Å². The second-order valence-corrected chi connectivity index (χ2v) is 3.66. The van der Waals surface area contributed by atoms with Crippen molar-refractivity contribution in [2.45, 2.75) is 13.8 Å². The molecule has 2 N–H and O–H groups in total. The molecule has 0 bridgehead atoms. The average molecular weight is 276 g/mol. The van der Waals surface area contributed by atoms with Crippen molar-refractivity contribution >= 4 is 11.9 Å². The molecular formula is C12H12N4O4. The minimum absolute atomic E-state index is 0.109. The van der Waals surface area contributed by atoms with Gasteiger partial charge in [-0.3, -0.25) is 0 Å². The highest BCUT2D eigenvalue weighted by Crippen LogP contribution is 2.06. The first-order valence-corrected chi connectivity index (χ1v) is 5.43. The van der Waals surface area contributed by atoms with Gasteiger partial charge in [0, 0.05) is 12.4 Å². The second-order valence-electron chi connectivity index (χ2n) is 3.66. The van der Waals surface area contributed by atoms with Crippen LogP contribution >= 0.6 is 0 Å². The van der Waals surface area contributed by atoms with E-state index in [9.17, 15) is 9.59 Å². The molecule has 2 heterocycles. The predicted octanol–water partition coefficient (Wildman–Crippen LogP) is 0.966. The number of hydrogen-bond acceptors (Lipinski definition) is 6. The molecule has 8 heteroatoms. The lowest BCUT2D eigenvalue weighted by molar-refractivity contribution is 0.0684. The van der Waals surface area contributed by atoms with Gasteiger partial charge in [0.05, 0.1) is 17.0 Å². The molecule has 0 aromatic carbocycles. The zero-order valence-electron chi connectivity index (χ0n) is 10.8. The number of hydrogen-bond donors (Lipinski definition) is 2. The molecule has 0 spiro atoms. The monoisotopic (exact) mass is 276 g/mol. The molecule has 20 heavy (non-hydrogen) atoms. The molecule has 0 saturated heterocycles. The number of carbonyl (C=O) groups is 2. The first-order valence-electron chi connectivity index (χ1n) is 5.43. The van der Waals surface area contributed by atoms with Crippen LogP contribution < -0.4 is 0 Å². The average Bonchev–Trinajstić information content (AvgIpc) is 2.40. The maximum Gasteiger partial charge on any atom is 0.339 e. The van der Waals surface area contributed by atoms with Gasteiger partial charge in [-0.2, -0.15) is 0 Å². The summed E-state index contributed by atoms with van der Waals surface area (Å²) in [6.45, 7) is 3.30. The highest BCUT2D eigenvalue weighted by atomic mass is 16.4. The molecule has 0 aliphatic heterocycles. The van der Waals surface area contributed by atoms with Crippen molar-refractivity contribution < 1.29 is 19.8 Å². The summed E-state index contributed by atoms with van der Waals surface area (Å²) >= 11 is 0. The molecule has 0 aliphatic carbocycles. The van der Waals surface area contributed by atoms with E-state index < -0.39 is 11.9 Å². The summed E-state index contributed by atoms with van der Waals surface area (Å²) in [4.78, 5) is 35.2. The van der Waals surface area contributed by atoms with Crippen LogP contribution in [0.5, 0.6) is 0 Å². The van der Waals surface area contributed by atoms with Gasteiger partial charge in [-0.15, -0.1) is 0 Å². The Morgan fingerprint density at radius 1 is 0.900 bits per heavy atom. The standard InChI is InChI=1S/C7H8N2O2.C5H4N2O2/c1-4-6(7(10)11)5(2)9-3-8-4;8-5(9)4-1-6-3-7-2-4/h3H,1-2H3,(H,10,11);1-3H,(H,8,9). The first kappa shape index (κ1) is 15.2. The van der Waals surface area contributed by atoms with Crippen LogP contribution in [0.3, 0.4) is 0 Å². The SMILES string of the molecule is Cc1ncnc(C)c1C(=O)O.O=C(O)c1cncnc1. The van der Waals surface area contributed by atoms with Gasteiger partial charge >= 0.3 is 11.9 Å². The largest absolute Gasteiger partial charge is 0.478 e. The molecule has 0 unspecified atom stereocenters. The van der Waals surface area contributed by atoms with Crippen molar-refractivity contribution in [1.29, 1.82) is 0 Å². The van der Waals surface area contributed by atoms with E-state index in [4.69, 9.17) is 10.2 Å². The van der Waals surface area contributed by atoms with Gasteiger partial charge in [0.2, 0.25) is 0 Å². The molecular weight excluding hydrogens is 264 g/mol. The fraction of sp³-hybridized carbons (Fsp3) is 0.167. The van der Waals surface area contributed by atoms with Crippen molar-refractivity contribution in [3.8, 4) is 0 Å². The van der Waals surface area contributed by atoms with E-state index in [0.29, 0.717) is 11.4 Å². The summed E-state index contributed by atoms with van der Waals surface area (Å²) in [6.07, 6.45) is 5.13. The van der Waals surface area contributed by atoms with Crippen LogP contribution in [-0.4, -0.2) is 42.1 Å². The zero-order valence-corrected chi connectivity index (χ0v) is 10.8. The van der Waals surface area contributed by atoms with E-state index >= 15 is 0 Å².